The normalized spacial score (nSPS) is 60.3. The van der Waals surface area contributed by atoms with Gasteiger partial charge in [0.05, 0.1) is 0 Å². The molecule has 62 valence electrons. The highest BCUT2D eigenvalue weighted by atomic mass is 19.1. The highest BCUT2D eigenvalue weighted by Gasteiger charge is 2.48. The van der Waals surface area contributed by atoms with Crippen molar-refractivity contribution in [3.8, 4) is 0 Å². The molecule has 0 aromatic heterocycles. The molecule has 1 N–H and O–H groups in total. The fourth-order valence-corrected chi connectivity index (χ4v) is 3.35. The zero-order valence-corrected chi connectivity index (χ0v) is 6.59. The Labute approximate surface area is 66.4 Å². The van der Waals surface area contributed by atoms with Crippen LogP contribution in [0.15, 0.2) is 0 Å². The summed E-state index contributed by atoms with van der Waals surface area (Å²) in [5.41, 5.74) is 0. The molecular formula is C9H14FN. The van der Waals surface area contributed by atoms with Gasteiger partial charge in [-0.3, -0.25) is 0 Å². The van der Waals surface area contributed by atoms with Gasteiger partial charge in [-0.1, -0.05) is 0 Å². The minimum Gasteiger partial charge on any atom is -0.308 e. The number of halogens is 1. The minimum absolute atomic E-state index is 0.228. The fourth-order valence-electron chi connectivity index (χ4n) is 3.35. The third-order valence-electron chi connectivity index (χ3n) is 3.71. The lowest BCUT2D eigenvalue weighted by molar-refractivity contribution is -0.0154. The second kappa shape index (κ2) is 1.98. The van der Waals surface area contributed by atoms with Crippen LogP contribution in [-0.2, 0) is 0 Å². The van der Waals surface area contributed by atoms with E-state index >= 15 is 0 Å². The number of nitrogens with one attached hydrogen (secondary N) is 1. The predicted octanol–water partition coefficient (Wildman–Crippen LogP) is 1.48. The number of hydrogen-bond donors (Lipinski definition) is 1. The van der Waals surface area contributed by atoms with E-state index < -0.39 is 6.17 Å². The highest BCUT2D eigenvalue weighted by Crippen LogP contribution is 2.45. The quantitative estimate of drug-likeness (QED) is 0.558. The Kier molecular flexibility index (Phi) is 1.15. The third kappa shape index (κ3) is 0.792. The summed E-state index contributed by atoms with van der Waals surface area (Å²) in [6, 6.07) is 0.899. The monoisotopic (exact) mass is 155 g/mol. The second-order valence-electron chi connectivity index (χ2n) is 4.48. The first-order chi connectivity index (χ1) is 5.33. The van der Waals surface area contributed by atoms with Crippen molar-refractivity contribution in [2.24, 2.45) is 11.8 Å². The number of piperidine rings is 2. The molecule has 2 heteroatoms. The summed E-state index contributed by atoms with van der Waals surface area (Å²) in [7, 11) is 0. The molecule has 5 unspecified atom stereocenters. The summed E-state index contributed by atoms with van der Waals surface area (Å²) in [6.07, 6.45) is 4.18. The Morgan fingerprint density at radius 3 is 2.73 bits per heavy atom. The van der Waals surface area contributed by atoms with E-state index in [9.17, 15) is 4.39 Å². The first-order valence-electron chi connectivity index (χ1n) is 4.73. The fraction of sp³-hybridized carbons (Fsp3) is 1.00. The van der Waals surface area contributed by atoms with Crippen molar-refractivity contribution in [1.29, 1.82) is 0 Å². The summed E-state index contributed by atoms with van der Waals surface area (Å²) in [5, 5.41) is 3.39. The molecule has 2 heterocycles. The van der Waals surface area contributed by atoms with Crippen LogP contribution in [0.5, 0.6) is 0 Å². The first-order valence-corrected chi connectivity index (χ1v) is 4.73. The lowest BCUT2D eigenvalue weighted by Gasteiger charge is -2.52. The van der Waals surface area contributed by atoms with E-state index in [-0.39, 0.29) is 6.04 Å². The van der Waals surface area contributed by atoms with Gasteiger partial charge in [0.1, 0.15) is 6.17 Å². The lowest BCUT2D eigenvalue weighted by Crippen LogP contribution is -2.61. The Hall–Kier alpha value is -0.110. The maximum atomic E-state index is 13.4. The van der Waals surface area contributed by atoms with Gasteiger partial charge in [-0.25, -0.2) is 4.39 Å². The highest BCUT2D eigenvalue weighted by molar-refractivity contribution is 5.03. The van der Waals surface area contributed by atoms with Gasteiger partial charge in [-0.15, -0.1) is 0 Å². The SMILES string of the molecule is FC1C2CC3CC(C2)NC1C3. The van der Waals surface area contributed by atoms with Gasteiger partial charge in [0.2, 0.25) is 0 Å². The van der Waals surface area contributed by atoms with E-state index in [0.717, 1.165) is 18.8 Å². The van der Waals surface area contributed by atoms with Crippen LogP contribution in [0, 0.1) is 11.8 Å². The van der Waals surface area contributed by atoms with Gasteiger partial charge in [-0.05, 0) is 37.5 Å². The predicted molar refractivity (Wildman–Crippen MR) is 41.1 cm³/mol. The molecule has 2 aliphatic heterocycles. The van der Waals surface area contributed by atoms with Crippen LogP contribution in [0.2, 0.25) is 0 Å². The molecule has 0 radical (unpaired) electrons. The Morgan fingerprint density at radius 1 is 1.09 bits per heavy atom. The minimum atomic E-state index is -0.525. The summed E-state index contributed by atoms with van der Waals surface area (Å²) in [6.45, 7) is 0. The number of hydrogen-bond acceptors (Lipinski definition) is 1. The molecule has 2 saturated heterocycles. The van der Waals surface area contributed by atoms with E-state index in [0.29, 0.717) is 12.0 Å². The molecule has 4 aliphatic rings. The van der Waals surface area contributed by atoms with Crippen LogP contribution in [0.1, 0.15) is 25.7 Å². The van der Waals surface area contributed by atoms with Crippen molar-refractivity contribution in [2.45, 2.75) is 43.9 Å². The van der Waals surface area contributed by atoms with Gasteiger partial charge in [0.15, 0.2) is 0 Å². The summed E-state index contributed by atoms with van der Waals surface area (Å²) in [4.78, 5) is 0. The Morgan fingerprint density at radius 2 is 2.00 bits per heavy atom. The first kappa shape index (κ1) is 6.41. The molecule has 1 nitrogen and oxygen atoms in total. The lowest BCUT2D eigenvalue weighted by atomic mass is 9.64. The molecule has 4 fully saturated rings. The summed E-state index contributed by atoms with van der Waals surface area (Å²) in [5.74, 6) is 1.27. The maximum absolute atomic E-state index is 13.4. The van der Waals surface area contributed by atoms with E-state index in [4.69, 9.17) is 0 Å². The number of rotatable bonds is 0. The van der Waals surface area contributed by atoms with Crippen LogP contribution in [-0.4, -0.2) is 18.3 Å². The molecule has 2 aliphatic carbocycles. The van der Waals surface area contributed by atoms with Crippen molar-refractivity contribution in [3.05, 3.63) is 0 Å². The van der Waals surface area contributed by atoms with Gasteiger partial charge in [-0.2, -0.15) is 0 Å². The van der Waals surface area contributed by atoms with Crippen molar-refractivity contribution in [2.75, 3.05) is 0 Å². The van der Waals surface area contributed by atoms with E-state index in [2.05, 4.69) is 5.32 Å². The van der Waals surface area contributed by atoms with Crippen LogP contribution < -0.4 is 5.32 Å². The van der Waals surface area contributed by atoms with Gasteiger partial charge < -0.3 is 5.32 Å². The average Bonchev–Trinajstić information content (AvgIpc) is 1.98. The van der Waals surface area contributed by atoms with Crippen LogP contribution in [0.4, 0.5) is 4.39 Å². The second-order valence-corrected chi connectivity index (χ2v) is 4.48. The molecule has 0 aromatic carbocycles. The van der Waals surface area contributed by atoms with Gasteiger partial charge >= 0.3 is 0 Å². The maximum Gasteiger partial charge on any atom is 0.118 e. The van der Waals surface area contributed by atoms with E-state index in [1.54, 1.807) is 0 Å². The van der Waals surface area contributed by atoms with Gasteiger partial charge in [0.25, 0.3) is 0 Å². The third-order valence-corrected chi connectivity index (χ3v) is 3.71. The topological polar surface area (TPSA) is 12.0 Å². The van der Waals surface area contributed by atoms with Crippen molar-refractivity contribution >= 4 is 0 Å². The van der Waals surface area contributed by atoms with Crippen molar-refractivity contribution in [3.63, 3.8) is 0 Å². The van der Waals surface area contributed by atoms with Gasteiger partial charge in [0, 0.05) is 12.1 Å². The molecule has 5 atom stereocenters. The molecule has 0 spiro atoms. The molecule has 4 rings (SSSR count). The Balaban J connectivity index is 1.91. The molecule has 0 aromatic rings. The van der Waals surface area contributed by atoms with Crippen LogP contribution >= 0.6 is 0 Å². The largest absolute Gasteiger partial charge is 0.308 e. The van der Waals surface area contributed by atoms with Crippen molar-refractivity contribution < 1.29 is 4.39 Å². The smallest absolute Gasteiger partial charge is 0.118 e. The average molecular weight is 155 g/mol. The molecule has 0 amide bonds. The summed E-state index contributed by atoms with van der Waals surface area (Å²) < 4.78 is 13.4. The summed E-state index contributed by atoms with van der Waals surface area (Å²) >= 11 is 0. The molecule has 4 bridgehead atoms. The molecule has 2 saturated carbocycles. The van der Waals surface area contributed by atoms with E-state index in [1.807, 2.05) is 0 Å². The van der Waals surface area contributed by atoms with E-state index in [1.165, 1.54) is 12.8 Å². The molecule has 11 heavy (non-hydrogen) atoms. The zero-order valence-electron chi connectivity index (χ0n) is 6.59. The molecular weight excluding hydrogens is 141 g/mol. The standard InChI is InChI=1S/C9H14FN/c10-9-6-1-5-2-7(4-6)11-8(9)3-5/h5-9,11H,1-4H2. The van der Waals surface area contributed by atoms with Crippen molar-refractivity contribution in [1.82, 2.24) is 5.32 Å². The van der Waals surface area contributed by atoms with Crippen LogP contribution in [0.25, 0.3) is 0 Å². The van der Waals surface area contributed by atoms with Crippen LogP contribution in [0.3, 0.4) is 0 Å². The Bertz CT molecular complexity index is 152. The zero-order chi connectivity index (χ0) is 7.42. The number of alkyl halides is 1.